The first kappa shape index (κ1) is 22.3. The number of nitrogens with zero attached hydrogens (tertiary/aromatic N) is 1. The van der Waals surface area contributed by atoms with Gasteiger partial charge in [-0.2, -0.15) is 0 Å². The number of sulfone groups is 1. The largest absolute Gasteiger partial charge is 0.484 e. The van der Waals surface area contributed by atoms with Crippen LogP contribution in [0.4, 0.5) is 4.39 Å². The average Bonchev–Trinajstić information content (AvgIpc) is 3.04. The van der Waals surface area contributed by atoms with Crippen LogP contribution in [-0.2, 0) is 26.6 Å². The quantitative estimate of drug-likeness (QED) is 0.697. The SMILES string of the molecule is CC(C)(C)c1ccc(OCC(=O)N(Cc2ccccc2F)C2CCS(=O)(=O)C2)cc1. The highest BCUT2D eigenvalue weighted by atomic mass is 32.2. The monoisotopic (exact) mass is 433 g/mol. The fraction of sp³-hybridized carbons (Fsp3) is 0.435. The lowest BCUT2D eigenvalue weighted by atomic mass is 9.87. The van der Waals surface area contributed by atoms with Crippen molar-refractivity contribution < 1.29 is 22.3 Å². The molecule has 7 heteroatoms. The third-order valence-corrected chi connectivity index (χ3v) is 7.10. The summed E-state index contributed by atoms with van der Waals surface area (Å²) in [6.07, 6.45) is 0.350. The van der Waals surface area contributed by atoms with Crippen LogP contribution in [0.25, 0.3) is 0 Å². The summed E-state index contributed by atoms with van der Waals surface area (Å²) in [7, 11) is -3.19. The van der Waals surface area contributed by atoms with Crippen molar-refractivity contribution in [2.75, 3.05) is 18.1 Å². The lowest BCUT2D eigenvalue weighted by Crippen LogP contribution is -2.43. The van der Waals surface area contributed by atoms with Gasteiger partial charge in [0.2, 0.25) is 0 Å². The van der Waals surface area contributed by atoms with Gasteiger partial charge in [0.1, 0.15) is 11.6 Å². The van der Waals surface area contributed by atoms with Crippen molar-refractivity contribution in [3.8, 4) is 5.75 Å². The molecular formula is C23H28FNO4S. The standard InChI is InChI=1S/C23H28FNO4S/c1-23(2,3)18-8-10-20(11-9-18)29-15-22(26)25(19-12-13-30(27,28)16-19)14-17-6-4-5-7-21(17)24/h4-11,19H,12-16H2,1-3H3. The van der Waals surface area contributed by atoms with Gasteiger partial charge < -0.3 is 9.64 Å². The number of carbonyl (C=O) groups excluding carboxylic acids is 1. The molecule has 2 aromatic carbocycles. The second-order valence-corrected chi connectivity index (χ2v) is 11.0. The van der Waals surface area contributed by atoms with E-state index < -0.39 is 21.7 Å². The van der Waals surface area contributed by atoms with Gasteiger partial charge in [0.15, 0.2) is 16.4 Å². The van der Waals surface area contributed by atoms with Gasteiger partial charge in [-0.05, 0) is 35.6 Å². The third-order valence-electron chi connectivity index (χ3n) is 5.35. The molecule has 1 unspecified atom stereocenters. The van der Waals surface area contributed by atoms with Gasteiger partial charge in [0.05, 0.1) is 11.5 Å². The van der Waals surface area contributed by atoms with Crippen LogP contribution in [0, 0.1) is 5.82 Å². The van der Waals surface area contributed by atoms with Gasteiger partial charge >= 0.3 is 0 Å². The number of ether oxygens (including phenoxy) is 1. The van der Waals surface area contributed by atoms with Crippen molar-refractivity contribution >= 4 is 15.7 Å². The molecule has 1 amide bonds. The van der Waals surface area contributed by atoms with E-state index in [0.29, 0.717) is 17.7 Å². The highest BCUT2D eigenvalue weighted by molar-refractivity contribution is 7.91. The van der Waals surface area contributed by atoms with Crippen LogP contribution in [0.2, 0.25) is 0 Å². The van der Waals surface area contributed by atoms with Crippen molar-refractivity contribution in [3.63, 3.8) is 0 Å². The Kier molecular flexibility index (Phi) is 6.50. The molecule has 1 aliphatic rings. The molecular weight excluding hydrogens is 405 g/mol. The molecule has 1 atom stereocenters. The van der Waals surface area contributed by atoms with E-state index in [9.17, 15) is 17.6 Å². The third kappa shape index (κ3) is 5.59. The highest BCUT2D eigenvalue weighted by Crippen LogP contribution is 2.25. The Morgan fingerprint density at radius 3 is 2.37 bits per heavy atom. The predicted octanol–water partition coefficient (Wildman–Crippen LogP) is 3.72. The molecule has 162 valence electrons. The molecule has 1 fully saturated rings. The zero-order valence-electron chi connectivity index (χ0n) is 17.6. The van der Waals surface area contributed by atoms with Crippen molar-refractivity contribution in [1.82, 2.24) is 4.90 Å². The molecule has 0 radical (unpaired) electrons. The number of hydrogen-bond acceptors (Lipinski definition) is 4. The fourth-order valence-corrected chi connectivity index (χ4v) is 5.26. The first-order chi connectivity index (χ1) is 14.0. The van der Waals surface area contributed by atoms with Crippen LogP contribution >= 0.6 is 0 Å². The van der Waals surface area contributed by atoms with E-state index in [4.69, 9.17) is 4.74 Å². The van der Waals surface area contributed by atoms with Crippen molar-refractivity contribution in [1.29, 1.82) is 0 Å². The van der Waals surface area contributed by atoms with E-state index in [2.05, 4.69) is 20.8 Å². The number of halogens is 1. The van der Waals surface area contributed by atoms with Gasteiger partial charge in [-0.25, -0.2) is 12.8 Å². The summed E-state index contributed by atoms with van der Waals surface area (Å²) in [5.74, 6) is -0.294. The molecule has 2 aromatic rings. The maximum atomic E-state index is 14.1. The smallest absolute Gasteiger partial charge is 0.261 e. The second kappa shape index (κ2) is 8.76. The molecule has 1 aliphatic heterocycles. The minimum atomic E-state index is -3.19. The van der Waals surface area contributed by atoms with E-state index in [1.165, 1.54) is 11.0 Å². The van der Waals surface area contributed by atoms with Crippen molar-refractivity contribution in [2.45, 2.75) is 45.2 Å². The number of rotatable bonds is 6. The lowest BCUT2D eigenvalue weighted by molar-refractivity contribution is -0.136. The Labute approximate surface area is 177 Å². The molecule has 0 N–H and O–H groups in total. The molecule has 0 aromatic heterocycles. The maximum absolute atomic E-state index is 14.1. The van der Waals surface area contributed by atoms with Crippen LogP contribution < -0.4 is 4.74 Å². The van der Waals surface area contributed by atoms with Crippen LogP contribution in [0.1, 0.15) is 38.3 Å². The van der Waals surface area contributed by atoms with Crippen molar-refractivity contribution in [2.24, 2.45) is 0 Å². The van der Waals surface area contributed by atoms with Gasteiger partial charge in [0.25, 0.3) is 5.91 Å². The molecule has 3 rings (SSSR count). The van der Waals surface area contributed by atoms with Gasteiger partial charge in [-0.3, -0.25) is 4.79 Å². The number of hydrogen-bond donors (Lipinski definition) is 0. The summed E-state index contributed by atoms with van der Waals surface area (Å²) < 4.78 is 43.7. The molecule has 1 saturated heterocycles. The molecule has 0 bridgehead atoms. The Balaban J connectivity index is 1.72. The van der Waals surface area contributed by atoms with E-state index in [0.717, 1.165) is 5.56 Å². The molecule has 0 saturated carbocycles. The Morgan fingerprint density at radius 2 is 1.80 bits per heavy atom. The van der Waals surface area contributed by atoms with E-state index in [1.807, 2.05) is 24.3 Å². The van der Waals surface area contributed by atoms with Crippen LogP contribution in [0.15, 0.2) is 48.5 Å². The normalized spacial score (nSPS) is 18.2. The lowest BCUT2D eigenvalue weighted by Gasteiger charge is -2.28. The molecule has 0 aliphatic carbocycles. The molecule has 5 nitrogen and oxygen atoms in total. The van der Waals surface area contributed by atoms with Crippen LogP contribution in [0.5, 0.6) is 5.75 Å². The minimum absolute atomic E-state index is 0.0119. The molecule has 30 heavy (non-hydrogen) atoms. The first-order valence-corrected chi connectivity index (χ1v) is 11.8. The zero-order chi connectivity index (χ0) is 21.9. The zero-order valence-corrected chi connectivity index (χ0v) is 18.4. The summed E-state index contributed by atoms with van der Waals surface area (Å²) in [5.41, 5.74) is 1.52. The van der Waals surface area contributed by atoms with Gasteiger partial charge in [0, 0.05) is 18.2 Å². The Hall–Kier alpha value is -2.41. The number of carbonyl (C=O) groups is 1. The maximum Gasteiger partial charge on any atom is 0.261 e. The predicted molar refractivity (Wildman–Crippen MR) is 115 cm³/mol. The van der Waals surface area contributed by atoms with Crippen LogP contribution in [-0.4, -0.2) is 43.4 Å². The fourth-order valence-electron chi connectivity index (χ4n) is 3.53. The first-order valence-electron chi connectivity index (χ1n) is 10.0. The summed E-state index contributed by atoms with van der Waals surface area (Å²) in [6, 6.07) is 13.3. The van der Waals surface area contributed by atoms with Crippen molar-refractivity contribution in [3.05, 3.63) is 65.5 Å². The average molecular weight is 434 g/mol. The Morgan fingerprint density at radius 1 is 1.13 bits per heavy atom. The second-order valence-electron chi connectivity index (χ2n) is 8.73. The summed E-state index contributed by atoms with van der Waals surface area (Å²) >= 11 is 0. The summed E-state index contributed by atoms with van der Waals surface area (Å²) in [4.78, 5) is 14.4. The van der Waals surface area contributed by atoms with E-state index in [-0.39, 0.29) is 36.0 Å². The molecule has 1 heterocycles. The van der Waals surface area contributed by atoms with Gasteiger partial charge in [-0.1, -0.05) is 51.1 Å². The topological polar surface area (TPSA) is 63.7 Å². The van der Waals surface area contributed by atoms with E-state index in [1.54, 1.807) is 18.2 Å². The van der Waals surface area contributed by atoms with Crippen LogP contribution in [0.3, 0.4) is 0 Å². The number of benzene rings is 2. The number of amides is 1. The minimum Gasteiger partial charge on any atom is -0.484 e. The van der Waals surface area contributed by atoms with Gasteiger partial charge in [-0.15, -0.1) is 0 Å². The summed E-state index contributed by atoms with van der Waals surface area (Å²) in [5, 5.41) is 0. The molecule has 0 spiro atoms. The summed E-state index contributed by atoms with van der Waals surface area (Å²) in [6.45, 7) is 6.12. The highest BCUT2D eigenvalue weighted by Gasteiger charge is 2.35. The van der Waals surface area contributed by atoms with E-state index >= 15 is 0 Å². The Bertz CT molecular complexity index is 997.